The Bertz CT molecular complexity index is 1180. The molecule has 4 aromatic rings. The Kier molecular flexibility index (Phi) is 4.41. The summed E-state index contributed by atoms with van der Waals surface area (Å²) in [6.45, 7) is 3.97. The lowest BCUT2D eigenvalue weighted by Crippen LogP contribution is -2.13. The molecule has 4 rings (SSSR count). The highest BCUT2D eigenvalue weighted by atomic mass is 32.2. The molecule has 136 valence electrons. The van der Waals surface area contributed by atoms with Crippen LogP contribution in [-0.2, 0) is 5.75 Å². The number of aryl methyl sites for hydroxylation is 2. The van der Waals surface area contributed by atoms with Gasteiger partial charge >= 0.3 is 0 Å². The molecule has 3 N–H and O–H groups in total. The summed E-state index contributed by atoms with van der Waals surface area (Å²) >= 11 is 1.37. The van der Waals surface area contributed by atoms with Gasteiger partial charge in [-0.3, -0.25) is 4.79 Å². The summed E-state index contributed by atoms with van der Waals surface area (Å²) in [4.78, 5) is 19.7. The number of nitrogen functional groups attached to an aromatic ring is 1. The number of hydrogen-bond donors (Lipinski definition) is 2. The summed E-state index contributed by atoms with van der Waals surface area (Å²) in [5.74, 6) is 7.76. The molecule has 0 saturated carbocycles. The summed E-state index contributed by atoms with van der Waals surface area (Å²) in [5.41, 5.74) is 3.60. The van der Waals surface area contributed by atoms with Gasteiger partial charge in [0.15, 0.2) is 5.82 Å². The minimum absolute atomic E-state index is 0.145. The van der Waals surface area contributed by atoms with E-state index >= 15 is 0 Å². The Labute approximate surface area is 159 Å². The molecule has 0 aliphatic heterocycles. The van der Waals surface area contributed by atoms with Gasteiger partial charge in [-0.25, -0.2) is 9.66 Å². The van der Waals surface area contributed by atoms with Crippen molar-refractivity contribution >= 4 is 22.7 Å². The molecular formula is C19H18N6OS. The number of nitrogens with zero attached hydrogens (tertiary/aromatic N) is 4. The van der Waals surface area contributed by atoms with E-state index in [2.05, 4.69) is 20.2 Å². The smallest absolute Gasteiger partial charge is 0.258 e. The average molecular weight is 378 g/mol. The fourth-order valence-electron chi connectivity index (χ4n) is 2.83. The van der Waals surface area contributed by atoms with Crippen LogP contribution in [0.2, 0.25) is 0 Å². The van der Waals surface area contributed by atoms with E-state index in [0.717, 1.165) is 16.7 Å². The van der Waals surface area contributed by atoms with E-state index in [1.54, 1.807) is 6.07 Å². The molecule has 0 fully saturated rings. The monoisotopic (exact) mass is 378 g/mol. The summed E-state index contributed by atoms with van der Waals surface area (Å²) in [6.07, 6.45) is 0. The maximum Gasteiger partial charge on any atom is 0.258 e. The first-order chi connectivity index (χ1) is 13.0. The fourth-order valence-corrected chi connectivity index (χ4v) is 3.55. The zero-order valence-electron chi connectivity index (χ0n) is 14.9. The second-order valence-electron chi connectivity index (χ2n) is 6.31. The molecule has 0 aliphatic rings. The summed E-state index contributed by atoms with van der Waals surface area (Å²) < 4.78 is 1.46. The van der Waals surface area contributed by atoms with Gasteiger partial charge in [-0.05, 0) is 25.5 Å². The van der Waals surface area contributed by atoms with E-state index in [0.29, 0.717) is 33.5 Å². The quantitative estimate of drug-likeness (QED) is 0.418. The molecule has 0 saturated heterocycles. The normalized spacial score (nSPS) is 11.2. The molecule has 7 nitrogen and oxygen atoms in total. The van der Waals surface area contributed by atoms with E-state index in [4.69, 9.17) is 5.84 Å². The lowest BCUT2D eigenvalue weighted by atomic mass is 10.1. The topological polar surface area (TPSA) is 102 Å². The van der Waals surface area contributed by atoms with E-state index in [9.17, 15) is 4.79 Å². The highest BCUT2D eigenvalue weighted by Gasteiger charge is 2.13. The molecule has 0 radical (unpaired) electrons. The van der Waals surface area contributed by atoms with Crippen molar-refractivity contribution in [3.63, 3.8) is 0 Å². The third-order valence-electron chi connectivity index (χ3n) is 4.30. The first-order valence-electron chi connectivity index (χ1n) is 8.42. The van der Waals surface area contributed by atoms with Gasteiger partial charge in [-0.1, -0.05) is 53.7 Å². The van der Waals surface area contributed by atoms with Crippen LogP contribution in [0.25, 0.3) is 22.3 Å². The first kappa shape index (κ1) is 17.3. The van der Waals surface area contributed by atoms with Crippen LogP contribution in [0.4, 0.5) is 0 Å². The maximum atomic E-state index is 12.3. The second-order valence-corrected chi connectivity index (χ2v) is 7.26. The van der Waals surface area contributed by atoms with Crippen molar-refractivity contribution in [1.29, 1.82) is 0 Å². The van der Waals surface area contributed by atoms with Crippen LogP contribution in [0.3, 0.4) is 0 Å². The van der Waals surface area contributed by atoms with E-state index < -0.39 is 0 Å². The van der Waals surface area contributed by atoms with Crippen molar-refractivity contribution in [2.45, 2.75) is 24.8 Å². The molecule has 2 aromatic carbocycles. The molecule has 2 heterocycles. The summed E-state index contributed by atoms with van der Waals surface area (Å²) in [5, 5.41) is 9.49. The fraction of sp³-hybridized carbons (Fsp3) is 0.158. The highest BCUT2D eigenvalue weighted by molar-refractivity contribution is 7.98. The predicted molar refractivity (Wildman–Crippen MR) is 107 cm³/mol. The lowest BCUT2D eigenvalue weighted by Gasteiger charge is -2.06. The number of aromatic nitrogens is 5. The van der Waals surface area contributed by atoms with E-state index in [1.165, 1.54) is 16.4 Å². The number of fused-ring (bicyclic) bond motifs is 1. The van der Waals surface area contributed by atoms with Gasteiger partial charge in [0.05, 0.1) is 16.7 Å². The van der Waals surface area contributed by atoms with Crippen LogP contribution in [0.15, 0.2) is 52.4 Å². The average Bonchev–Trinajstić information content (AvgIpc) is 3.02. The second kappa shape index (κ2) is 6.88. The van der Waals surface area contributed by atoms with Gasteiger partial charge in [0.25, 0.3) is 5.56 Å². The van der Waals surface area contributed by atoms with Gasteiger partial charge in [0.1, 0.15) is 5.82 Å². The maximum absolute atomic E-state index is 12.3. The standard InChI is InChI=1S/C19H18N6OS/c1-11-6-8-13(9-7-11)17-23-24-19(25(17)20)27-10-15-21-16-12(2)4-3-5-14(16)18(26)22-15/h3-9H,10,20H2,1-2H3,(H,21,22,26). The first-order valence-corrected chi connectivity index (χ1v) is 9.40. The van der Waals surface area contributed by atoms with Gasteiger partial charge in [-0.15, -0.1) is 10.2 Å². The SMILES string of the molecule is Cc1ccc(-c2nnc(SCc3nc4c(C)cccc4c(=O)[nH]3)n2N)cc1. The zero-order valence-corrected chi connectivity index (χ0v) is 15.7. The van der Waals surface area contributed by atoms with Gasteiger partial charge < -0.3 is 10.8 Å². The van der Waals surface area contributed by atoms with Crippen molar-refractivity contribution in [3.8, 4) is 11.4 Å². The number of rotatable bonds is 4. The summed E-state index contributed by atoms with van der Waals surface area (Å²) in [7, 11) is 0. The number of aromatic amines is 1. The van der Waals surface area contributed by atoms with Crippen molar-refractivity contribution < 1.29 is 0 Å². The third kappa shape index (κ3) is 3.31. The highest BCUT2D eigenvalue weighted by Crippen LogP contribution is 2.24. The molecule has 0 bridgehead atoms. The number of nitrogens with one attached hydrogen (secondary N) is 1. The van der Waals surface area contributed by atoms with Crippen LogP contribution in [-0.4, -0.2) is 24.8 Å². The van der Waals surface area contributed by atoms with Crippen LogP contribution >= 0.6 is 11.8 Å². The Morgan fingerprint density at radius 3 is 2.67 bits per heavy atom. The molecule has 0 aliphatic carbocycles. The Hall–Kier alpha value is -3.13. The van der Waals surface area contributed by atoms with Gasteiger partial charge in [-0.2, -0.15) is 0 Å². The number of para-hydroxylation sites is 1. The molecule has 0 unspecified atom stereocenters. The predicted octanol–water partition coefficient (Wildman–Crippen LogP) is 2.80. The van der Waals surface area contributed by atoms with Crippen LogP contribution < -0.4 is 11.4 Å². The van der Waals surface area contributed by atoms with Crippen molar-refractivity contribution in [1.82, 2.24) is 24.8 Å². The number of benzene rings is 2. The molecule has 27 heavy (non-hydrogen) atoms. The Morgan fingerprint density at radius 2 is 1.89 bits per heavy atom. The molecule has 0 amide bonds. The van der Waals surface area contributed by atoms with E-state index in [1.807, 2.05) is 50.2 Å². The summed E-state index contributed by atoms with van der Waals surface area (Å²) in [6, 6.07) is 13.5. The molecule has 2 aromatic heterocycles. The zero-order chi connectivity index (χ0) is 19.0. The Balaban J connectivity index is 1.59. The number of hydrogen-bond acceptors (Lipinski definition) is 6. The molecule has 0 atom stereocenters. The van der Waals surface area contributed by atoms with Crippen LogP contribution in [0.1, 0.15) is 17.0 Å². The molecule has 8 heteroatoms. The third-order valence-corrected chi connectivity index (χ3v) is 5.25. The lowest BCUT2D eigenvalue weighted by molar-refractivity contribution is 0.848. The number of nitrogens with two attached hydrogens (primary N) is 1. The van der Waals surface area contributed by atoms with Gasteiger partial charge in [0.2, 0.25) is 5.16 Å². The number of H-pyrrole nitrogens is 1. The van der Waals surface area contributed by atoms with Crippen LogP contribution in [0.5, 0.6) is 0 Å². The van der Waals surface area contributed by atoms with Gasteiger partial charge in [0, 0.05) is 5.56 Å². The molecule has 0 spiro atoms. The van der Waals surface area contributed by atoms with E-state index in [-0.39, 0.29) is 5.56 Å². The van der Waals surface area contributed by atoms with Crippen molar-refractivity contribution in [2.75, 3.05) is 5.84 Å². The van der Waals surface area contributed by atoms with Crippen molar-refractivity contribution in [2.24, 2.45) is 0 Å². The molecular weight excluding hydrogens is 360 g/mol. The van der Waals surface area contributed by atoms with Crippen molar-refractivity contribution in [3.05, 3.63) is 69.8 Å². The minimum Gasteiger partial charge on any atom is -0.335 e. The minimum atomic E-state index is -0.145. The Morgan fingerprint density at radius 1 is 1.11 bits per heavy atom. The van der Waals surface area contributed by atoms with Crippen LogP contribution in [0, 0.1) is 13.8 Å². The number of thioether (sulfide) groups is 1. The largest absolute Gasteiger partial charge is 0.335 e.